The SMILES string of the molecule is CC(c1ccccn1)N(C)Cc1ccc(N2CCOCC2)cc1. The van der Waals surface area contributed by atoms with Crippen molar-refractivity contribution in [3.05, 3.63) is 59.9 Å². The minimum Gasteiger partial charge on any atom is -0.378 e. The molecule has 0 N–H and O–H groups in total. The Hall–Kier alpha value is -1.91. The molecule has 1 saturated heterocycles. The van der Waals surface area contributed by atoms with Gasteiger partial charge >= 0.3 is 0 Å². The highest BCUT2D eigenvalue weighted by Gasteiger charge is 2.14. The molecule has 2 aromatic rings. The maximum Gasteiger partial charge on any atom is 0.0642 e. The molecule has 1 aromatic heterocycles. The van der Waals surface area contributed by atoms with Gasteiger partial charge in [-0.2, -0.15) is 0 Å². The average Bonchev–Trinajstić information content (AvgIpc) is 2.63. The highest BCUT2D eigenvalue weighted by atomic mass is 16.5. The number of aromatic nitrogens is 1. The number of pyridine rings is 1. The molecule has 0 bridgehead atoms. The largest absolute Gasteiger partial charge is 0.378 e. The maximum atomic E-state index is 5.41. The van der Waals surface area contributed by atoms with Crippen LogP contribution in [0, 0.1) is 0 Å². The maximum absolute atomic E-state index is 5.41. The number of nitrogens with zero attached hydrogens (tertiary/aromatic N) is 3. The van der Waals surface area contributed by atoms with E-state index >= 15 is 0 Å². The molecule has 2 heterocycles. The number of benzene rings is 1. The Morgan fingerprint density at radius 2 is 1.87 bits per heavy atom. The zero-order chi connectivity index (χ0) is 16.1. The van der Waals surface area contributed by atoms with Crippen LogP contribution in [-0.4, -0.2) is 43.2 Å². The fourth-order valence-corrected chi connectivity index (χ4v) is 2.91. The molecule has 0 amide bonds. The summed E-state index contributed by atoms with van der Waals surface area (Å²) in [5, 5.41) is 0. The number of ether oxygens (including phenoxy) is 1. The number of anilines is 1. The van der Waals surface area contributed by atoms with Crippen LogP contribution < -0.4 is 4.90 Å². The minimum atomic E-state index is 0.301. The van der Waals surface area contributed by atoms with Gasteiger partial charge in [0.2, 0.25) is 0 Å². The number of morpholine rings is 1. The second kappa shape index (κ2) is 7.57. The van der Waals surface area contributed by atoms with Crippen molar-refractivity contribution in [2.75, 3.05) is 38.3 Å². The molecule has 0 saturated carbocycles. The fourth-order valence-electron chi connectivity index (χ4n) is 2.91. The second-order valence-corrected chi connectivity index (χ2v) is 6.11. The fraction of sp³-hybridized carbons (Fsp3) is 0.421. The van der Waals surface area contributed by atoms with Gasteiger partial charge in [-0.05, 0) is 43.8 Å². The van der Waals surface area contributed by atoms with Gasteiger partial charge in [0.25, 0.3) is 0 Å². The first-order valence-corrected chi connectivity index (χ1v) is 8.27. The lowest BCUT2D eigenvalue weighted by atomic mass is 10.1. The van der Waals surface area contributed by atoms with E-state index < -0.39 is 0 Å². The lowest BCUT2D eigenvalue weighted by molar-refractivity contribution is 0.122. The third-order valence-electron chi connectivity index (χ3n) is 4.52. The van der Waals surface area contributed by atoms with Crippen LogP contribution in [0.15, 0.2) is 48.7 Å². The van der Waals surface area contributed by atoms with E-state index in [1.807, 2.05) is 18.3 Å². The van der Waals surface area contributed by atoms with Gasteiger partial charge in [0.05, 0.1) is 18.9 Å². The first-order chi connectivity index (χ1) is 11.2. The van der Waals surface area contributed by atoms with Gasteiger partial charge in [-0.25, -0.2) is 0 Å². The molecule has 1 aliphatic rings. The zero-order valence-electron chi connectivity index (χ0n) is 14.0. The molecule has 122 valence electrons. The van der Waals surface area contributed by atoms with Gasteiger partial charge in [0.15, 0.2) is 0 Å². The summed E-state index contributed by atoms with van der Waals surface area (Å²) < 4.78 is 5.41. The third kappa shape index (κ3) is 4.09. The average molecular weight is 311 g/mol. The van der Waals surface area contributed by atoms with E-state index in [1.54, 1.807) is 0 Å². The minimum absolute atomic E-state index is 0.301. The Balaban J connectivity index is 1.61. The molecule has 4 nitrogen and oxygen atoms in total. The van der Waals surface area contributed by atoms with Crippen molar-refractivity contribution in [2.45, 2.75) is 19.5 Å². The van der Waals surface area contributed by atoms with Crippen molar-refractivity contribution >= 4 is 5.69 Å². The Morgan fingerprint density at radius 3 is 2.52 bits per heavy atom. The Kier molecular flexibility index (Phi) is 5.26. The molecule has 1 atom stereocenters. The van der Waals surface area contributed by atoms with Crippen LogP contribution in [0.5, 0.6) is 0 Å². The first kappa shape index (κ1) is 16.0. The van der Waals surface area contributed by atoms with E-state index in [1.165, 1.54) is 11.3 Å². The summed E-state index contributed by atoms with van der Waals surface area (Å²) in [5.74, 6) is 0. The number of rotatable bonds is 5. The molecular formula is C19H25N3O. The highest BCUT2D eigenvalue weighted by molar-refractivity contribution is 5.47. The summed E-state index contributed by atoms with van der Waals surface area (Å²) in [4.78, 5) is 9.16. The van der Waals surface area contributed by atoms with Gasteiger partial charge < -0.3 is 9.64 Å². The van der Waals surface area contributed by atoms with E-state index in [0.29, 0.717) is 6.04 Å². The van der Waals surface area contributed by atoms with Crippen molar-refractivity contribution < 1.29 is 4.74 Å². The first-order valence-electron chi connectivity index (χ1n) is 8.27. The molecule has 3 rings (SSSR count). The van der Waals surface area contributed by atoms with Crippen LogP contribution in [0.4, 0.5) is 5.69 Å². The van der Waals surface area contributed by atoms with Crippen LogP contribution in [0.2, 0.25) is 0 Å². The lowest BCUT2D eigenvalue weighted by Crippen LogP contribution is -2.36. The second-order valence-electron chi connectivity index (χ2n) is 6.11. The highest BCUT2D eigenvalue weighted by Crippen LogP contribution is 2.21. The molecule has 1 aromatic carbocycles. The lowest BCUT2D eigenvalue weighted by Gasteiger charge is -2.29. The van der Waals surface area contributed by atoms with Gasteiger partial charge in [0, 0.05) is 37.6 Å². The van der Waals surface area contributed by atoms with Gasteiger partial charge in [0.1, 0.15) is 0 Å². The van der Waals surface area contributed by atoms with Gasteiger partial charge in [-0.1, -0.05) is 18.2 Å². The van der Waals surface area contributed by atoms with Crippen molar-refractivity contribution in [1.29, 1.82) is 0 Å². The monoisotopic (exact) mass is 311 g/mol. The summed E-state index contributed by atoms with van der Waals surface area (Å²) in [7, 11) is 2.15. The van der Waals surface area contributed by atoms with Crippen LogP contribution >= 0.6 is 0 Å². The van der Waals surface area contributed by atoms with Crippen molar-refractivity contribution in [2.24, 2.45) is 0 Å². The van der Waals surface area contributed by atoms with Crippen molar-refractivity contribution in [3.8, 4) is 0 Å². The summed E-state index contributed by atoms with van der Waals surface area (Å²) in [6.45, 7) is 6.73. The third-order valence-corrected chi connectivity index (χ3v) is 4.52. The van der Waals surface area contributed by atoms with E-state index in [4.69, 9.17) is 4.74 Å². The van der Waals surface area contributed by atoms with E-state index in [9.17, 15) is 0 Å². The van der Waals surface area contributed by atoms with Crippen LogP contribution in [0.3, 0.4) is 0 Å². The summed E-state index contributed by atoms with van der Waals surface area (Å²) in [6.07, 6.45) is 1.86. The van der Waals surface area contributed by atoms with E-state index in [2.05, 4.69) is 59.1 Å². The summed E-state index contributed by atoms with van der Waals surface area (Å²) >= 11 is 0. The molecular weight excluding hydrogens is 286 g/mol. The molecule has 1 aliphatic heterocycles. The summed E-state index contributed by atoms with van der Waals surface area (Å²) in [6, 6.07) is 15.3. The standard InChI is InChI=1S/C19H25N3O/c1-16(19-5-3-4-10-20-19)21(2)15-17-6-8-18(9-7-17)22-11-13-23-14-12-22/h3-10,16H,11-15H2,1-2H3. The summed E-state index contributed by atoms with van der Waals surface area (Å²) in [5.41, 5.74) is 3.73. The van der Waals surface area contributed by atoms with Gasteiger partial charge in [-0.3, -0.25) is 9.88 Å². The molecule has 4 heteroatoms. The zero-order valence-corrected chi connectivity index (χ0v) is 14.0. The van der Waals surface area contributed by atoms with Crippen LogP contribution in [0.1, 0.15) is 24.2 Å². The predicted octanol–water partition coefficient (Wildman–Crippen LogP) is 3.11. The number of hydrogen-bond acceptors (Lipinski definition) is 4. The van der Waals surface area contributed by atoms with Crippen molar-refractivity contribution in [1.82, 2.24) is 9.88 Å². The molecule has 1 unspecified atom stereocenters. The van der Waals surface area contributed by atoms with E-state index in [0.717, 1.165) is 38.5 Å². The van der Waals surface area contributed by atoms with E-state index in [-0.39, 0.29) is 0 Å². The molecule has 0 aliphatic carbocycles. The predicted molar refractivity (Wildman–Crippen MR) is 93.6 cm³/mol. The Morgan fingerprint density at radius 1 is 1.13 bits per heavy atom. The Labute approximate surface area is 138 Å². The smallest absolute Gasteiger partial charge is 0.0642 e. The quantitative estimate of drug-likeness (QED) is 0.848. The topological polar surface area (TPSA) is 28.6 Å². The Bertz CT molecular complexity index is 594. The molecule has 1 fully saturated rings. The molecule has 0 radical (unpaired) electrons. The van der Waals surface area contributed by atoms with Crippen molar-refractivity contribution in [3.63, 3.8) is 0 Å². The van der Waals surface area contributed by atoms with Crippen LogP contribution in [-0.2, 0) is 11.3 Å². The van der Waals surface area contributed by atoms with Crippen LogP contribution in [0.25, 0.3) is 0 Å². The molecule has 23 heavy (non-hydrogen) atoms. The normalized spacial score (nSPS) is 16.6. The van der Waals surface area contributed by atoms with Gasteiger partial charge in [-0.15, -0.1) is 0 Å². The number of hydrogen-bond donors (Lipinski definition) is 0. The molecule has 0 spiro atoms.